The van der Waals surface area contributed by atoms with E-state index in [0.717, 1.165) is 11.1 Å². The fourth-order valence-corrected chi connectivity index (χ4v) is 2.70. The number of hydrogen-bond donors (Lipinski definition) is 1. The second-order valence-corrected chi connectivity index (χ2v) is 5.83. The molecule has 1 aliphatic rings. The van der Waals surface area contributed by atoms with Crippen LogP contribution in [0.3, 0.4) is 0 Å². The third kappa shape index (κ3) is 3.21. The van der Waals surface area contributed by atoms with Crippen molar-refractivity contribution in [3.63, 3.8) is 0 Å². The molecule has 26 heavy (non-hydrogen) atoms. The van der Waals surface area contributed by atoms with Crippen LogP contribution in [0.1, 0.15) is 6.42 Å². The minimum absolute atomic E-state index is 0.231. The number of nitrogens with one attached hydrogen (secondary N) is 1. The first-order valence-electron chi connectivity index (χ1n) is 8.23. The maximum Gasteiger partial charge on any atom is 0.278 e. The molecule has 2 aromatic carbocycles. The third-order valence-electron chi connectivity index (χ3n) is 3.95. The van der Waals surface area contributed by atoms with Gasteiger partial charge < -0.3 is 14.8 Å². The Bertz CT molecular complexity index is 1030. The number of anilines is 1. The molecule has 1 amide bonds. The Labute approximate surface area is 148 Å². The summed E-state index contributed by atoms with van der Waals surface area (Å²) in [6.45, 7) is 0.930. The number of carbonyl (C=O) groups excluding carboxylic acids is 1. The zero-order valence-electron chi connectivity index (χ0n) is 13.8. The van der Waals surface area contributed by atoms with E-state index in [0.29, 0.717) is 41.3 Å². The minimum Gasteiger partial charge on any atom is -0.490 e. The molecule has 132 valence electrons. The summed E-state index contributed by atoms with van der Waals surface area (Å²) in [5, 5.41) is 10.9. The van der Waals surface area contributed by atoms with E-state index in [4.69, 9.17) is 9.47 Å². The molecule has 1 aromatic heterocycles. The number of carbonyl (C=O) groups is 1. The lowest BCUT2D eigenvalue weighted by Gasteiger charge is -2.10. The van der Waals surface area contributed by atoms with Crippen LogP contribution in [0.25, 0.3) is 10.9 Å². The molecule has 0 spiro atoms. The summed E-state index contributed by atoms with van der Waals surface area (Å²) in [6, 6.07) is 12.0. The predicted molar refractivity (Wildman–Crippen MR) is 94.5 cm³/mol. The third-order valence-corrected chi connectivity index (χ3v) is 3.95. The van der Waals surface area contributed by atoms with Gasteiger partial charge in [-0.2, -0.15) is 0 Å². The van der Waals surface area contributed by atoms with E-state index in [-0.39, 0.29) is 18.0 Å². The highest BCUT2D eigenvalue weighted by molar-refractivity contribution is 5.91. The molecule has 3 aromatic rings. The molecule has 0 radical (unpaired) electrons. The minimum atomic E-state index is -0.383. The van der Waals surface area contributed by atoms with Crippen molar-refractivity contribution >= 4 is 22.5 Å². The van der Waals surface area contributed by atoms with Crippen molar-refractivity contribution in [1.29, 1.82) is 0 Å². The van der Waals surface area contributed by atoms with Crippen molar-refractivity contribution in [3.05, 3.63) is 52.8 Å². The maximum atomic E-state index is 12.4. The lowest BCUT2D eigenvalue weighted by atomic mass is 10.2. The quantitative estimate of drug-likeness (QED) is 0.769. The Morgan fingerprint density at radius 2 is 1.92 bits per heavy atom. The van der Waals surface area contributed by atoms with E-state index >= 15 is 0 Å². The standard InChI is InChI=1S/C18H16N4O4/c23-17(11-22-18(24)13-4-1-2-5-14(13)20-21-22)19-12-6-7-15-16(10-12)26-9-3-8-25-15/h1-2,4-7,10H,3,8-9,11H2,(H,19,23). The highest BCUT2D eigenvalue weighted by Crippen LogP contribution is 2.32. The Balaban J connectivity index is 1.52. The molecule has 0 aliphatic carbocycles. The average molecular weight is 352 g/mol. The highest BCUT2D eigenvalue weighted by Gasteiger charge is 2.13. The summed E-state index contributed by atoms with van der Waals surface area (Å²) >= 11 is 0. The van der Waals surface area contributed by atoms with Gasteiger partial charge >= 0.3 is 0 Å². The van der Waals surface area contributed by atoms with Gasteiger partial charge in [-0.3, -0.25) is 9.59 Å². The number of nitrogens with zero attached hydrogens (tertiary/aromatic N) is 3. The smallest absolute Gasteiger partial charge is 0.278 e. The van der Waals surface area contributed by atoms with Crippen LogP contribution in [0.5, 0.6) is 11.5 Å². The van der Waals surface area contributed by atoms with Crippen LogP contribution < -0.4 is 20.3 Å². The summed E-state index contributed by atoms with van der Waals surface area (Å²) in [5.74, 6) is 0.853. The van der Waals surface area contributed by atoms with Crippen LogP contribution in [-0.4, -0.2) is 34.1 Å². The Kier molecular flexibility index (Phi) is 4.22. The number of benzene rings is 2. The van der Waals surface area contributed by atoms with Crippen LogP contribution in [0.2, 0.25) is 0 Å². The molecular weight excluding hydrogens is 336 g/mol. The SMILES string of the molecule is O=C(Cn1nnc2ccccc2c1=O)Nc1ccc2c(c1)OCCCO2. The van der Waals surface area contributed by atoms with E-state index in [1.54, 1.807) is 42.5 Å². The highest BCUT2D eigenvalue weighted by atomic mass is 16.5. The molecule has 0 atom stereocenters. The van der Waals surface area contributed by atoms with Crippen molar-refractivity contribution in [2.75, 3.05) is 18.5 Å². The van der Waals surface area contributed by atoms with Crippen LogP contribution >= 0.6 is 0 Å². The second-order valence-electron chi connectivity index (χ2n) is 5.83. The number of rotatable bonds is 3. The van der Waals surface area contributed by atoms with Gasteiger partial charge in [0.05, 0.1) is 18.6 Å². The van der Waals surface area contributed by atoms with Crippen molar-refractivity contribution < 1.29 is 14.3 Å². The van der Waals surface area contributed by atoms with E-state index in [1.165, 1.54) is 0 Å². The molecule has 0 saturated heterocycles. The molecule has 0 bridgehead atoms. The van der Waals surface area contributed by atoms with E-state index < -0.39 is 0 Å². The van der Waals surface area contributed by atoms with E-state index in [9.17, 15) is 9.59 Å². The first-order valence-corrected chi connectivity index (χ1v) is 8.23. The zero-order chi connectivity index (χ0) is 17.9. The fraction of sp³-hybridized carbons (Fsp3) is 0.222. The number of amides is 1. The largest absolute Gasteiger partial charge is 0.490 e. The van der Waals surface area contributed by atoms with E-state index in [1.807, 2.05) is 0 Å². The fourth-order valence-electron chi connectivity index (χ4n) is 2.70. The van der Waals surface area contributed by atoms with Crippen LogP contribution in [-0.2, 0) is 11.3 Å². The molecular formula is C18H16N4O4. The molecule has 2 heterocycles. The molecule has 4 rings (SSSR count). The summed E-state index contributed by atoms with van der Waals surface area (Å²) in [7, 11) is 0. The predicted octanol–water partition coefficient (Wildman–Crippen LogP) is 1.59. The number of ether oxygens (including phenoxy) is 2. The van der Waals surface area contributed by atoms with Gasteiger partial charge in [-0.25, -0.2) is 4.68 Å². The molecule has 1 N–H and O–H groups in total. The van der Waals surface area contributed by atoms with Gasteiger partial charge in [-0.05, 0) is 24.3 Å². The summed E-state index contributed by atoms with van der Waals surface area (Å²) < 4.78 is 12.2. The van der Waals surface area contributed by atoms with Gasteiger partial charge in [0.1, 0.15) is 12.1 Å². The van der Waals surface area contributed by atoms with Crippen molar-refractivity contribution in [1.82, 2.24) is 15.0 Å². The molecule has 1 aliphatic heterocycles. The average Bonchev–Trinajstić information content (AvgIpc) is 2.89. The normalized spacial score (nSPS) is 13.2. The summed E-state index contributed by atoms with van der Waals surface area (Å²) in [5.41, 5.74) is 0.697. The Hall–Kier alpha value is -3.42. The van der Waals surface area contributed by atoms with Crippen LogP contribution in [0, 0.1) is 0 Å². The van der Waals surface area contributed by atoms with Gasteiger partial charge in [-0.1, -0.05) is 17.3 Å². The Morgan fingerprint density at radius 1 is 1.12 bits per heavy atom. The van der Waals surface area contributed by atoms with Crippen molar-refractivity contribution in [2.24, 2.45) is 0 Å². The monoisotopic (exact) mass is 352 g/mol. The van der Waals surface area contributed by atoms with Crippen molar-refractivity contribution in [3.8, 4) is 11.5 Å². The maximum absolute atomic E-state index is 12.4. The van der Waals surface area contributed by atoms with Gasteiger partial charge in [0, 0.05) is 18.2 Å². The van der Waals surface area contributed by atoms with Crippen LogP contribution in [0.4, 0.5) is 5.69 Å². The van der Waals surface area contributed by atoms with Crippen molar-refractivity contribution in [2.45, 2.75) is 13.0 Å². The van der Waals surface area contributed by atoms with Gasteiger partial charge in [-0.15, -0.1) is 5.10 Å². The molecule has 8 heteroatoms. The van der Waals surface area contributed by atoms with Gasteiger partial charge in [0.25, 0.3) is 5.56 Å². The van der Waals surface area contributed by atoms with Gasteiger partial charge in [0.2, 0.25) is 5.91 Å². The first-order chi connectivity index (χ1) is 12.7. The topological polar surface area (TPSA) is 95.3 Å². The van der Waals surface area contributed by atoms with E-state index in [2.05, 4.69) is 15.6 Å². The number of fused-ring (bicyclic) bond motifs is 2. The summed E-state index contributed by atoms with van der Waals surface area (Å²) in [6.07, 6.45) is 0.805. The zero-order valence-corrected chi connectivity index (χ0v) is 13.8. The van der Waals surface area contributed by atoms with Crippen LogP contribution in [0.15, 0.2) is 47.3 Å². The molecule has 8 nitrogen and oxygen atoms in total. The number of hydrogen-bond acceptors (Lipinski definition) is 6. The lowest BCUT2D eigenvalue weighted by molar-refractivity contribution is -0.117. The number of aromatic nitrogens is 3. The first kappa shape index (κ1) is 16.1. The van der Waals surface area contributed by atoms with Gasteiger partial charge in [0.15, 0.2) is 11.5 Å². The summed E-state index contributed by atoms with van der Waals surface area (Å²) in [4.78, 5) is 24.7. The molecule has 0 saturated carbocycles. The molecule has 0 fully saturated rings. The Morgan fingerprint density at radius 3 is 2.81 bits per heavy atom. The molecule has 0 unspecified atom stereocenters. The second kappa shape index (κ2) is 6.83. The lowest BCUT2D eigenvalue weighted by Crippen LogP contribution is -2.30.